The van der Waals surface area contributed by atoms with Crippen molar-refractivity contribution in [2.75, 3.05) is 25.0 Å². The molecule has 4 rings (SSSR count). The van der Waals surface area contributed by atoms with E-state index in [4.69, 9.17) is 9.56 Å². The van der Waals surface area contributed by atoms with Crippen LogP contribution in [0.15, 0.2) is 38.9 Å². The van der Waals surface area contributed by atoms with E-state index >= 15 is 0 Å². The van der Waals surface area contributed by atoms with E-state index in [1.165, 1.54) is 29.2 Å². The van der Waals surface area contributed by atoms with Crippen LogP contribution in [0.3, 0.4) is 0 Å². The van der Waals surface area contributed by atoms with Gasteiger partial charge in [0.25, 0.3) is 21.5 Å². The quantitative estimate of drug-likeness (QED) is 0.561. The highest BCUT2D eigenvalue weighted by atomic mass is 32.2. The Kier molecular flexibility index (Phi) is 5.60. The van der Waals surface area contributed by atoms with Gasteiger partial charge in [-0.2, -0.15) is 0 Å². The number of likely N-dealkylation sites (tertiary alicyclic amines) is 1. The minimum atomic E-state index is -3.94. The summed E-state index contributed by atoms with van der Waals surface area (Å²) in [7, 11) is -3.94. The maximum atomic E-state index is 13.1. The van der Waals surface area contributed by atoms with Gasteiger partial charge in [0, 0.05) is 13.1 Å². The number of hydrogen-bond acceptors (Lipinski definition) is 8. The number of rotatable bonds is 6. The van der Waals surface area contributed by atoms with Crippen molar-refractivity contribution in [3.8, 4) is 0 Å². The summed E-state index contributed by atoms with van der Waals surface area (Å²) in [5.41, 5.74) is 0.0598. The Morgan fingerprint density at radius 2 is 1.97 bits per heavy atom. The fourth-order valence-electron chi connectivity index (χ4n) is 3.64. The Bertz CT molecular complexity index is 1290. The van der Waals surface area contributed by atoms with Crippen molar-refractivity contribution in [3.63, 3.8) is 0 Å². The number of nitrogens with zero attached hydrogens (tertiary/aromatic N) is 4. The molecule has 1 aliphatic heterocycles. The third-order valence-corrected chi connectivity index (χ3v) is 6.05. The Labute approximate surface area is 177 Å². The predicted octanol–water partition coefficient (Wildman–Crippen LogP) is 0.688. The lowest BCUT2D eigenvalue weighted by Gasteiger charge is -2.14. The molecule has 0 radical (unpaired) electrons. The first-order chi connectivity index (χ1) is 14.7. The van der Waals surface area contributed by atoms with Gasteiger partial charge in [-0.1, -0.05) is 0 Å². The lowest BCUT2D eigenvalue weighted by molar-refractivity contribution is 0.102. The molecule has 1 fully saturated rings. The molecule has 0 spiro atoms. The van der Waals surface area contributed by atoms with Gasteiger partial charge in [-0.15, -0.1) is 0 Å². The highest BCUT2D eigenvalue weighted by Crippen LogP contribution is 2.22. The molecule has 0 atom stereocenters. The summed E-state index contributed by atoms with van der Waals surface area (Å²) >= 11 is 0. The summed E-state index contributed by atoms with van der Waals surface area (Å²) in [4.78, 5) is 36.2. The average Bonchev–Trinajstić information content (AvgIpc) is 3.34. The van der Waals surface area contributed by atoms with E-state index in [0.717, 1.165) is 32.5 Å². The van der Waals surface area contributed by atoms with Crippen LogP contribution in [-0.4, -0.2) is 53.4 Å². The molecule has 3 N–H and O–H groups in total. The van der Waals surface area contributed by atoms with Crippen molar-refractivity contribution in [3.05, 3.63) is 46.3 Å². The number of amides is 1. The zero-order valence-electron chi connectivity index (χ0n) is 16.9. The number of hydrogen-bond donors (Lipinski definition) is 2. The van der Waals surface area contributed by atoms with E-state index in [-0.39, 0.29) is 38.7 Å². The number of nitrogens with one attached hydrogen (secondary N) is 1. The van der Waals surface area contributed by atoms with Crippen LogP contribution in [-0.2, 0) is 16.6 Å². The second-order valence-corrected chi connectivity index (χ2v) is 8.90. The molecule has 0 unspecified atom stereocenters. The summed E-state index contributed by atoms with van der Waals surface area (Å²) in [6, 6.07) is 2.53. The molecule has 11 nitrogen and oxygen atoms in total. The maximum absolute atomic E-state index is 13.1. The number of carbonyl (C=O) groups excluding carboxylic acids is 1. The third-order valence-electron chi connectivity index (χ3n) is 5.22. The molecule has 31 heavy (non-hydrogen) atoms. The van der Waals surface area contributed by atoms with Crippen LogP contribution in [0.1, 0.15) is 29.0 Å². The first-order valence-electron chi connectivity index (χ1n) is 9.75. The summed E-state index contributed by atoms with van der Waals surface area (Å²) in [6.07, 6.45) is 4.91. The van der Waals surface area contributed by atoms with Crippen molar-refractivity contribution in [2.45, 2.75) is 31.3 Å². The van der Waals surface area contributed by atoms with Crippen molar-refractivity contribution in [2.24, 2.45) is 5.14 Å². The largest absolute Gasteiger partial charge is 0.442 e. The molecule has 4 heterocycles. The van der Waals surface area contributed by atoms with Gasteiger partial charge in [-0.3, -0.25) is 14.2 Å². The first-order valence-corrected chi connectivity index (χ1v) is 11.3. The lowest BCUT2D eigenvalue weighted by atomic mass is 10.1. The van der Waals surface area contributed by atoms with Crippen molar-refractivity contribution in [1.82, 2.24) is 19.4 Å². The van der Waals surface area contributed by atoms with E-state index in [9.17, 15) is 18.0 Å². The molecule has 12 heteroatoms. The minimum absolute atomic E-state index is 0.0820. The zero-order chi connectivity index (χ0) is 22.2. The van der Waals surface area contributed by atoms with Gasteiger partial charge in [-0.25, -0.2) is 23.5 Å². The van der Waals surface area contributed by atoms with Crippen LogP contribution in [0.4, 0.5) is 5.69 Å². The van der Waals surface area contributed by atoms with Crippen molar-refractivity contribution < 1.29 is 17.6 Å². The molecule has 3 aromatic heterocycles. The van der Waals surface area contributed by atoms with E-state index in [1.54, 1.807) is 6.92 Å². The van der Waals surface area contributed by atoms with Gasteiger partial charge in [0.2, 0.25) is 5.71 Å². The number of aromatic nitrogens is 3. The Morgan fingerprint density at radius 3 is 2.61 bits per heavy atom. The van der Waals surface area contributed by atoms with Crippen LogP contribution < -0.4 is 16.0 Å². The number of furan rings is 1. The molecule has 0 aliphatic carbocycles. The number of anilines is 1. The number of aryl methyl sites for hydroxylation is 1. The fraction of sp³-hybridized carbons (Fsp3) is 0.368. The average molecular weight is 446 g/mol. The Hall–Kier alpha value is -3.09. The van der Waals surface area contributed by atoms with Gasteiger partial charge >= 0.3 is 0 Å². The number of pyridine rings is 1. The second-order valence-electron chi connectivity index (χ2n) is 7.39. The van der Waals surface area contributed by atoms with Crippen LogP contribution in [0.25, 0.3) is 11.1 Å². The summed E-state index contributed by atoms with van der Waals surface area (Å²) < 4.78 is 29.6. The number of fused-ring (bicyclic) bond motifs is 1. The fourth-order valence-corrected chi connectivity index (χ4v) is 4.10. The van der Waals surface area contributed by atoms with E-state index < -0.39 is 15.9 Å². The topological polar surface area (TPSA) is 153 Å². The monoisotopic (exact) mass is 446 g/mol. The molecule has 3 aromatic rings. The number of primary sulfonamides is 1. The van der Waals surface area contributed by atoms with Crippen LogP contribution in [0.5, 0.6) is 0 Å². The van der Waals surface area contributed by atoms with Crippen LogP contribution >= 0.6 is 0 Å². The lowest BCUT2D eigenvalue weighted by Crippen LogP contribution is -2.30. The van der Waals surface area contributed by atoms with Gasteiger partial charge in [0.1, 0.15) is 17.5 Å². The maximum Gasteiger partial charge on any atom is 0.265 e. The molecule has 1 amide bonds. The molecule has 1 aliphatic rings. The normalized spacial score (nSPS) is 14.9. The second kappa shape index (κ2) is 8.21. The minimum Gasteiger partial charge on any atom is -0.442 e. The number of sulfonamides is 1. The Balaban J connectivity index is 1.61. The summed E-state index contributed by atoms with van der Waals surface area (Å²) in [5.74, 6) is -0.332. The van der Waals surface area contributed by atoms with E-state index in [1.807, 2.05) is 0 Å². The smallest absolute Gasteiger partial charge is 0.265 e. The van der Waals surface area contributed by atoms with Crippen molar-refractivity contribution >= 4 is 32.7 Å². The number of carbonyl (C=O) groups is 1. The van der Waals surface area contributed by atoms with Crippen LogP contribution in [0, 0.1) is 6.92 Å². The molecule has 1 saturated heterocycles. The zero-order valence-corrected chi connectivity index (χ0v) is 17.7. The highest BCUT2D eigenvalue weighted by Gasteiger charge is 2.23. The summed E-state index contributed by atoms with van der Waals surface area (Å²) in [6.45, 7) is 4.80. The number of nitrogens with two attached hydrogens (primary N) is 1. The molecule has 0 saturated carbocycles. The van der Waals surface area contributed by atoms with E-state index in [0.29, 0.717) is 6.54 Å². The first kappa shape index (κ1) is 21.2. The molecular formula is C19H22N6O5S. The van der Waals surface area contributed by atoms with Gasteiger partial charge in [0.15, 0.2) is 5.03 Å². The van der Waals surface area contributed by atoms with Gasteiger partial charge < -0.3 is 14.6 Å². The molecule has 0 bridgehead atoms. The SMILES string of the molecule is Cc1oc2ncn(CCN3CCCC3)c(=O)c2c1C(=O)Nc1ccc(S(N)(=O)=O)nc1. The summed E-state index contributed by atoms with van der Waals surface area (Å²) in [5, 5.41) is 7.41. The van der Waals surface area contributed by atoms with Crippen LogP contribution in [0.2, 0.25) is 0 Å². The van der Waals surface area contributed by atoms with Crippen molar-refractivity contribution in [1.29, 1.82) is 0 Å². The standard InChI is InChI=1S/C19H22N6O5S/c1-12-15(17(26)23-13-4-5-14(21-10-13)31(20,28)29)16-18(30-12)22-11-25(19(16)27)9-8-24-6-2-3-7-24/h4-5,10-11H,2-3,6-9H2,1H3,(H,23,26)(H2,20,28,29). The Morgan fingerprint density at radius 1 is 1.23 bits per heavy atom. The molecular weight excluding hydrogens is 424 g/mol. The van der Waals surface area contributed by atoms with Gasteiger partial charge in [0.05, 0.1) is 17.4 Å². The molecule has 0 aromatic carbocycles. The third kappa shape index (κ3) is 4.36. The van der Waals surface area contributed by atoms with E-state index in [2.05, 4.69) is 20.2 Å². The predicted molar refractivity (Wildman–Crippen MR) is 112 cm³/mol. The van der Waals surface area contributed by atoms with Gasteiger partial charge in [-0.05, 0) is 45.0 Å². The molecule has 164 valence electrons. The highest BCUT2D eigenvalue weighted by molar-refractivity contribution is 7.89.